The molecule has 0 radical (unpaired) electrons. The van der Waals surface area contributed by atoms with E-state index in [0.29, 0.717) is 6.54 Å². The summed E-state index contributed by atoms with van der Waals surface area (Å²) in [5.74, 6) is 0.433. The number of carbonyl (C=O) groups excluding carboxylic acids is 1. The molecule has 25 heavy (non-hydrogen) atoms. The third kappa shape index (κ3) is 5.18. The van der Waals surface area contributed by atoms with Gasteiger partial charge in [-0.2, -0.15) is 0 Å². The van der Waals surface area contributed by atoms with Crippen molar-refractivity contribution in [2.45, 2.75) is 25.4 Å². The second kappa shape index (κ2) is 7.85. The monoisotopic (exact) mass is 344 g/mol. The molecule has 0 aliphatic heterocycles. The summed E-state index contributed by atoms with van der Waals surface area (Å²) in [6.45, 7) is 4.31. The van der Waals surface area contributed by atoms with E-state index < -0.39 is 5.60 Å². The zero-order valence-corrected chi connectivity index (χ0v) is 15.7. The Labute approximate surface area is 149 Å². The van der Waals surface area contributed by atoms with Crippen molar-refractivity contribution in [3.8, 4) is 5.75 Å². The van der Waals surface area contributed by atoms with E-state index in [2.05, 4.69) is 5.32 Å². The summed E-state index contributed by atoms with van der Waals surface area (Å²) in [6.07, 6.45) is 0. The van der Waals surface area contributed by atoms with Gasteiger partial charge in [0.1, 0.15) is 5.75 Å². The van der Waals surface area contributed by atoms with E-state index in [1.165, 1.54) is 0 Å². The van der Waals surface area contributed by atoms with Crippen molar-refractivity contribution in [1.82, 2.24) is 10.2 Å². The van der Waals surface area contributed by atoms with Crippen molar-refractivity contribution < 1.29 is 14.6 Å². The number of likely N-dealkylation sites (N-methyl/N-ethyl adjacent to an activating group) is 1. The van der Waals surface area contributed by atoms with Gasteiger partial charge in [-0.05, 0) is 56.4 Å². The van der Waals surface area contributed by atoms with E-state index >= 15 is 0 Å². The van der Waals surface area contributed by atoms with Crippen molar-refractivity contribution >= 4 is 16.7 Å². The van der Waals surface area contributed by atoms with Crippen LogP contribution in [0.1, 0.15) is 25.3 Å². The molecule has 0 saturated carbocycles. The van der Waals surface area contributed by atoms with Gasteiger partial charge < -0.3 is 20.1 Å². The molecule has 5 nitrogen and oxygen atoms in total. The number of nitrogens with zero attached hydrogens (tertiary/aromatic N) is 1. The summed E-state index contributed by atoms with van der Waals surface area (Å²) in [6, 6.07) is 11.9. The SMILES string of the molecule is COc1ccc2cc([C@H](C)C(=O)NCC(C)(O)CN(C)C)ccc2c1. The van der Waals surface area contributed by atoms with Crippen LogP contribution < -0.4 is 10.1 Å². The first-order chi connectivity index (χ1) is 11.7. The van der Waals surface area contributed by atoms with E-state index in [0.717, 1.165) is 22.1 Å². The largest absolute Gasteiger partial charge is 0.497 e. The molecule has 2 rings (SSSR count). The molecule has 2 atom stereocenters. The second-order valence-electron chi connectivity index (χ2n) is 7.15. The van der Waals surface area contributed by atoms with Gasteiger partial charge >= 0.3 is 0 Å². The lowest BCUT2D eigenvalue weighted by atomic mass is 9.96. The molecule has 1 unspecified atom stereocenters. The van der Waals surface area contributed by atoms with Crippen LogP contribution in [0.15, 0.2) is 36.4 Å². The summed E-state index contributed by atoms with van der Waals surface area (Å²) in [7, 11) is 5.43. The number of amides is 1. The third-order valence-electron chi connectivity index (χ3n) is 4.27. The predicted molar refractivity (Wildman–Crippen MR) is 101 cm³/mol. The van der Waals surface area contributed by atoms with Gasteiger partial charge in [0.25, 0.3) is 0 Å². The summed E-state index contributed by atoms with van der Waals surface area (Å²) in [5.41, 5.74) is -0.0128. The van der Waals surface area contributed by atoms with Crippen LogP contribution in [0.5, 0.6) is 5.75 Å². The number of carbonyl (C=O) groups is 1. The zero-order chi connectivity index (χ0) is 18.6. The quantitative estimate of drug-likeness (QED) is 0.810. The number of ether oxygens (including phenoxy) is 1. The molecule has 1 amide bonds. The second-order valence-corrected chi connectivity index (χ2v) is 7.15. The van der Waals surface area contributed by atoms with E-state index in [9.17, 15) is 9.90 Å². The van der Waals surface area contributed by atoms with E-state index in [4.69, 9.17) is 4.74 Å². The number of hydrogen-bond acceptors (Lipinski definition) is 4. The lowest BCUT2D eigenvalue weighted by Crippen LogP contribution is -2.47. The number of methoxy groups -OCH3 is 1. The molecule has 0 saturated heterocycles. The van der Waals surface area contributed by atoms with Gasteiger partial charge in [-0.15, -0.1) is 0 Å². The number of rotatable bonds is 7. The van der Waals surface area contributed by atoms with Crippen LogP contribution in [0.25, 0.3) is 10.8 Å². The standard InChI is InChI=1S/C20H28N2O3/c1-14(19(23)21-12-20(2,24)13-22(3)4)15-6-7-17-11-18(25-5)9-8-16(17)10-15/h6-11,14,24H,12-13H2,1-5H3,(H,21,23)/t14-,20?/m0/s1. The van der Waals surface area contributed by atoms with Gasteiger partial charge in [0.15, 0.2) is 0 Å². The Hall–Kier alpha value is -2.11. The molecule has 0 spiro atoms. The fourth-order valence-electron chi connectivity index (χ4n) is 2.96. The Balaban J connectivity index is 2.07. The first kappa shape index (κ1) is 19.2. The normalized spacial score (nSPS) is 15.0. The number of nitrogens with one attached hydrogen (secondary N) is 1. The molecule has 0 fully saturated rings. The van der Waals surface area contributed by atoms with E-state index in [1.807, 2.05) is 62.3 Å². The van der Waals surface area contributed by atoms with Crippen LogP contribution in [-0.4, -0.2) is 55.8 Å². The zero-order valence-electron chi connectivity index (χ0n) is 15.7. The highest BCUT2D eigenvalue weighted by molar-refractivity contribution is 5.88. The lowest BCUT2D eigenvalue weighted by molar-refractivity contribution is -0.123. The van der Waals surface area contributed by atoms with Crippen molar-refractivity contribution in [3.05, 3.63) is 42.0 Å². The summed E-state index contributed by atoms with van der Waals surface area (Å²) < 4.78 is 5.24. The first-order valence-electron chi connectivity index (χ1n) is 8.44. The van der Waals surface area contributed by atoms with Gasteiger partial charge in [-0.1, -0.05) is 24.3 Å². The molecule has 2 aromatic rings. The minimum atomic E-state index is -0.960. The van der Waals surface area contributed by atoms with Crippen LogP contribution in [0.4, 0.5) is 0 Å². The number of hydrogen-bond donors (Lipinski definition) is 2. The molecule has 0 heterocycles. The van der Waals surface area contributed by atoms with Gasteiger partial charge in [0.05, 0.1) is 18.6 Å². The highest BCUT2D eigenvalue weighted by Gasteiger charge is 2.24. The van der Waals surface area contributed by atoms with Crippen LogP contribution in [0.2, 0.25) is 0 Å². The molecular weight excluding hydrogens is 316 g/mol. The Morgan fingerprint density at radius 2 is 1.88 bits per heavy atom. The van der Waals surface area contributed by atoms with E-state index in [-0.39, 0.29) is 18.4 Å². The van der Waals surface area contributed by atoms with Gasteiger partial charge in [0, 0.05) is 13.1 Å². The minimum Gasteiger partial charge on any atom is -0.497 e. The third-order valence-corrected chi connectivity index (χ3v) is 4.27. The predicted octanol–water partition coefficient (Wildman–Crippen LogP) is 2.38. The minimum absolute atomic E-state index is 0.0908. The molecular formula is C20H28N2O3. The van der Waals surface area contributed by atoms with Gasteiger partial charge in [-0.25, -0.2) is 0 Å². The summed E-state index contributed by atoms with van der Waals surface area (Å²) in [5, 5.41) is 15.3. The topological polar surface area (TPSA) is 61.8 Å². The highest BCUT2D eigenvalue weighted by Crippen LogP contribution is 2.25. The molecule has 0 aliphatic carbocycles. The number of benzene rings is 2. The fraction of sp³-hybridized carbons (Fsp3) is 0.450. The maximum atomic E-state index is 12.5. The summed E-state index contributed by atoms with van der Waals surface area (Å²) >= 11 is 0. The average Bonchev–Trinajstić information content (AvgIpc) is 2.57. The lowest BCUT2D eigenvalue weighted by Gasteiger charge is -2.27. The molecule has 0 bridgehead atoms. The van der Waals surface area contributed by atoms with Crippen molar-refractivity contribution in [2.24, 2.45) is 0 Å². The molecule has 0 aromatic heterocycles. The number of fused-ring (bicyclic) bond motifs is 1. The van der Waals surface area contributed by atoms with Gasteiger partial charge in [0.2, 0.25) is 5.91 Å². The van der Waals surface area contributed by atoms with Crippen molar-refractivity contribution in [1.29, 1.82) is 0 Å². The maximum Gasteiger partial charge on any atom is 0.227 e. The Morgan fingerprint density at radius 3 is 2.52 bits per heavy atom. The molecule has 0 aliphatic rings. The van der Waals surface area contributed by atoms with Crippen molar-refractivity contribution in [3.63, 3.8) is 0 Å². The Morgan fingerprint density at radius 1 is 1.24 bits per heavy atom. The van der Waals surface area contributed by atoms with Crippen LogP contribution in [-0.2, 0) is 4.79 Å². The summed E-state index contributed by atoms with van der Waals surface area (Å²) in [4.78, 5) is 14.4. The maximum absolute atomic E-state index is 12.5. The van der Waals surface area contributed by atoms with Crippen LogP contribution in [0, 0.1) is 0 Å². The van der Waals surface area contributed by atoms with Crippen molar-refractivity contribution in [2.75, 3.05) is 34.3 Å². The molecule has 136 valence electrons. The molecule has 2 aromatic carbocycles. The van der Waals surface area contributed by atoms with Crippen LogP contribution >= 0.6 is 0 Å². The Kier molecular flexibility index (Phi) is 6.03. The average molecular weight is 344 g/mol. The first-order valence-corrected chi connectivity index (χ1v) is 8.44. The van der Waals surface area contributed by atoms with Crippen LogP contribution in [0.3, 0.4) is 0 Å². The number of aliphatic hydroxyl groups is 1. The molecule has 2 N–H and O–H groups in total. The highest BCUT2D eigenvalue weighted by atomic mass is 16.5. The Bertz CT molecular complexity index is 741. The van der Waals surface area contributed by atoms with Gasteiger partial charge in [-0.3, -0.25) is 4.79 Å². The van der Waals surface area contributed by atoms with E-state index in [1.54, 1.807) is 14.0 Å². The fourth-order valence-corrected chi connectivity index (χ4v) is 2.96. The smallest absolute Gasteiger partial charge is 0.227 e. The molecule has 5 heteroatoms.